The number of hydrogen-bond acceptors (Lipinski definition) is 3. The van der Waals surface area contributed by atoms with Gasteiger partial charge in [0, 0.05) is 23.2 Å². The minimum absolute atomic E-state index is 0.109. The fraction of sp³-hybridized carbons (Fsp3) is 0.150. The first-order chi connectivity index (χ1) is 12.6. The molecule has 0 fully saturated rings. The van der Waals surface area contributed by atoms with Crippen LogP contribution in [0, 0.1) is 0 Å². The summed E-state index contributed by atoms with van der Waals surface area (Å²) in [5.41, 5.74) is 1.80. The van der Waals surface area contributed by atoms with Crippen LogP contribution in [0.15, 0.2) is 65.5 Å². The minimum atomic E-state index is -0.298. The number of amides is 2. The molecule has 3 aromatic rings. The second kappa shape index (κ2) is 8.11. The van der Waals surface area contributed by atoms with E-state index >= 15 is 0 Å². The number of hydrogen-bond donors (Lipinski definition) is 3. The largest absolute Gasteiger partial charge is 0.347 e. The topological polar surface area (TPSA) is 91.1 Å². The first-order valence-electron chi connectivity index (χ1n) is 8.34. The smallest absolute Gasteiger partial charge is 0.251 e. The summed E-state index contributed by atoms with van der Waals surface area (Å²) in [5, 5.41) is 6.18. The van der Waals surface area contributed by atoms with Crippen molar-refractivity contribution in [3.8, 4) is 0 Å². The van der Waals surface area contributed by atoms with Gasteiger partial charge in [-0.15, -0.1) is 0 Å². The molecule has 0 aliphatic heterocycles. The molecule has 6 heteroatoms. The third-order valence-corrected chi connectivity index (χ3v) is 3.96. The molecule has 6 nitrogen and oxygen atoms in total. The number of rotatable bonds is 6. The average Bonchev–Trinajstić information content (AvgIpc) is 2.65. The lowest BCUT2D eigenvalue weighted by Crippen LogP contribution is -2.33. The molecule has 0 radical (unpaired) electrons. The van der Waals surface area contributed by atoms with Crippen molar-refractivity contribution in [2.24, 2.45) is 0 Å². The van der Waals surface area contributed by atoms with Crippen molar-refractivity contribution in [3.05, 3.63) is 76.6 Å². The molecule has 2 amide bonds. The normalized spacial score (nSPS) is 10.5. The maximum absolute atomic E-state index is 12.1. The van der Waals surface area contributed by atoms with E-state index in [-0.39, 0.29) is 30.3 Å². The van der Waals surface area contributed by atoms with Gasteiger partial charge in [-0.3, -0.25) is 14.4 Å². The zero-order valence-corrected chi connectivity index (χ0v) is 14.1. The summed E-state index contributed by atoms with van der Waals surface area (Å²) in [4.78, 5) is 38.6. The van der Waals surface area contributed by atoms with Crippen molar-refractivity contribution in [1.29, 1.82) is 0 Å². The number of aromatic nitrogens is 1. The van der Waals surface area contributed by atoms with Crippen molar-refractivity contribution in [1.82, 2.24) is 10.3 Å². The number of H-pyrrole nitrogens is 1. The van der Waals surface area contributed by atoms with E-state index in [1.165, 1.54) is 0 Å². The van der Waals surface area contributed by atoms with Gasteiger partial charge in [0.2, 0.25) is 11.8 Å². The number of pyridine rings is 1. The zero-order valence-electron chi connectivity index (χ0n) is 14.1. The molecule has 3 N–H and O–H groups in total. The quantitative estimate of drug-likeness (QED) is 0.637. The van der Waals surface area contributed by atoms with E-state index in [4.69, 9.17) is 0 Å². The number of aromatic amines is 1. The van der Waals surface area contributed by atoms with Crippen molar-refractivity contribution < 1.29 is 9.59 Å². The molecule has 0 saturated carbocycles. The van der Waals surface area contributed by atoms with Crippen LogP contribution in [0.3, 0.4) is 0 Å². The third-order valence-electron chi connectivity index (χ3n) is 3.96. The van der Waals surface area contributed by atoms with Crippen LogP contribution in [-0.2, 0) is 16.0 Å². The molecule has 0 saturated heterocycles. The van der Waals surface area contributed by atoms with Crippen molar-refractivity contribution in [2.45, 2.75) is 12.8 Å². The number of carbonyl (C=O) groups excluding carboxylic acids is 2. The number of benzene rings is 2. The Hall–Kier alpha value is -3.41. The standard InChI is InChI=1S/C20H19N3O3/c24-18(21-13-19(25)22-16-7-2-1-3-8-16)11-10-15-12-14-6-4-5-9-17(14)23-20(15)26/h1-9,12H,10-11,13H2,(H,21,24)(H,22,25)(H,23,26). The lowest BCUT2D eigenvalue weighted by Gasteiger charge is -2.07. The van der Waals surface area contributed by atoms with Crippen LogP contribution in [0.25, 0.3) is 10.9 Å². The lowest BCUT2D eigenvalue weighted by molar-refractivity contribution is -0.124. The summed E-state index contributed by atoms with van der Waals surface area (Å²) in [6, 6.07) is 18.3. The van der Waals surface area contributed by atoms with Crippen LogP contribution in [0.4, 0.5) is 5.69 Å². The third kappa shape index (κ3) is 4.57. The maximum Gasteiger partial charge on any atom is 0.251 e. The number of nitrogens with one attached hydrogen (secondary N) is 3. The molecular formula is C20H19N3O3. The molecule has 26 heavy (non-hydrogen) atoms. The van der Waals surface area contributed by atoms with Gasteiger partial charge in [-0.1, -0.05) is 36.4 Å². The number of aryl methyl sites for hydroxylation is 1. The van der Waals surface area contributed by atoms with Crippen molar-refractivity contribution in [2.75, 3.05) is 11.9 Å². The van der Waals surface area contributed by atoms with Crippen LogP contribution >= 0.6 is 0 Å². The molecule has 0 aliphatic carbocycles. The fourth-order valence-corrected chi connectivity index (χ4v) is 2.62. The Morgan fingerprint density at radius 2 is 1.65 bits per heavy atom. The first-order valence-corrected chi connectivity index (χ1v) is 8.34. The monoisotopic (exact) mass is 349 g/mol. The van der Waals surface area contributed by atoms with Crippen LogP contribution < -0.4 is 16.2 Å². The summed E-state index contributed by atoms with van der Waals surface area (Å²) in [6.07, 6.45) is 0.451. The van der Waals surface area contributed by atoms with Crippen molar-refractivity contribution in [3.63, 3.8) is 0 Å². The highest BCUT2D eigenvalue weighted by Crippen LogP contribution is 2.11. The highest BCUT2D eigenvalue weighted by molar-refractivity contribution is 5.94. The van der Waals surface area contributed by atoms with Crippen molar-refractivity contribution >= 4 is 28.4 Å². The predicted octanol–water partition coefficient (Wildman–Crippen LogP) is 2.22. The van der Waals surface area contributed by atoms with Gasteiger partial charge >= 0.3 is 0 Å². The number of anilines is 1. The highest BCUT2D eigenvalue weighted by Gasteiger charge is 2.08. The van der Waals surface area contributed by atoms with Gasteiger partial charge in [0.15, 0.2) is 0 Å². The minimum Gasteiger partial charge on any atom is -0.347 e. The molecule has 132 valence electrons. The van der Waals surface area contributed by atoms with Crippen LogP contribution in [0.2, 0.25) is 0 Å². The Morgan fingerprint density at radius 3 is 2.46 bits per heavy atom. The molecule has 1 aromatic heterocycles. The van der Waals surface area contributed by atoms with Gasteiger partial charge in [0.05, 0.1) is 6.54 Å². The second-order valence-corrected chi connectivity index (χ2v) is 5.90. The Labute approximate surface area is 150 Å². The van der Waals surface area contributed by atoms with Gasteiger partial charge < -0.3 is 15.6 Å². The molecule has 0 aliphatic rings. The molecule has 0 spiro atoms. The molecule has 2 aromatic carbocycles. The summed E-state index contributed by atoms with van der Waals surface area (Å²) in [6.45, 7) is -0.109. The number of para-hydroxylation sites is 2. The molecule has 0 atom stereocenters. The molecule has 1 heterocycles. The Bertz CT molecular complexity index is 980. The van der Waals surface area contributed by atoms with E-state index in [1.54, 1.807) is 18.2 Å². The number of carbonyl (C=O) groups is 2. The highest BCUT2D eigenvalue weighted by atomic mass is 16.2. The summed E-state index contributed by atoms with van der Waals surface area (Å²) < 4.78 is 0. The van der Waals surface area contributed by atoms with Crippen LogP contribution in [-0.4, -0.2) is 23.3 Å². The lowest BCUT2D eigenvalue weighted by atomic mass is 10.1. The maximum atomic E-state index is 12.1. The average molecular weight is 349 g/mol. The van der Waals surface area contributed by atoms with E-state index in [0.29, 0.717) is 17.7 Å². The molecule has 0 bridgehead atoms. The first kappa shape index (κ1) is 17.4. The Morgan fingerprint density at radius 1 is 0.923 bits per heavy atom. The molecular weight excluding hydrogens is 330 g/mol. The molecule has 0 unspecified atom stereocenters. The summed E-state index contributed by atoms with van der Waals surface area (Å²) in [5.74, 6) is -0.575. The SMILES string of the molecule is O=C(CCc1cc2ccccc2[nH]c1=O)NCC(=O)Nc1ccccc1. The zero-order chi connectivity index (χ0) is 18.4. The Balaban J connectivity index is 1.50. The van der Waals surface area contributed by atoms with Gasteiger partial charge in [-0.05, 0) is 36.1 Å². The number of fused-ring (bicyclic) bond motifs is 1. The van der Waals surface area contributed by atoms with E-state index in [1.807, 2.05) is 42.5 Å². The second-order valence-electron chi connectivity index (χ2n) is 5.90. The van der Waals surface area contributed by atoms with Gasteiger partial charge in [0.1, 0.15) is 0 Å². The van der Waals surface area contributed by atoms with Gasteiger partial charge in [-0.25, -0.2) is 0 Å². The van der Waals surface area contributed by atoms with Gasteiger partial charge in [-0.2, -0.15) is 0 Å². The Kier molecular flexibility index (Phi) is 5.43. The summed E-state index contributed by atoms with van der Waals surface area (Å²) >= 11 is 0. The van der Waals surface area contributed by atoms with Crippen LogP contribution in [0.1, 0.15) is 12.0 Å². The van der Waals surface area contributed by atoms with E-state index < -0.39 is 0 Å². The van der Waals surface area contributed by atoms with E-state index in [9.17, 15) is 14.4 Å². The van der Waals surface area contributed by atoms with E-state index in [2.05, 4.69) is 15.6 Å². The molecule has 3 rings (SSSR count). The fourth-order valence-electron chi connectivity index (χ4n) is 2.62. The van der Waals surface area contributed by atoms with Crippen LogP contribution in [0.5, 0.6) is 0 Å². The van der Waals surface area contributed by atoms with Gasteiger partial charge in [0.25, 0.3) is 5.56 Å². The predicted molar refractivity (Wildman–Crippen MR) is 101 cm³/mol. The summed E-state index contributed by atoms with van der Waals surface area (Å²) in [7, 11) is 0. The van der Waals surface area contributed by atoms with E-state index in [0.717, 1.165) is 10.9 Å².